The average Bonchev–Trinajstić information content (AvgIpc) is 2.63. The van der Waals surface area contributed by atoms with E-state index in [1.165, 1.54) is 0 Å². The van der Waals surface area contributed by atoms with Crippen LogP contribution in [-0.2, 0) is 9.47 Å². The van der Waals surface area contributed by atoms with Gasteiger partial charge in [-0.05, 0) is 6.92 Å². The van der Waals surface area contributed by atoms with Crippen molar-refractivity contribution in [2.24, 2.45) is 0 Å². The molecule has 0 aliphatic heterocycles. The van der Waals surface area contributed by atoms with Gasteiger partial charge in [0.05, 0.1) is 0 Å². The number of halogens is 21. The van der Waals surface area contributed by atoms with Crippen molar-refractivity contribution >= 4 is 11.6 Å². The van der Waals surface area contributed by atoms with E-state index in [1.807, 2.05) is 0 Å². The van der Waals surface area contributed by atoms with Crippen LogP contribution in [0, 0.1) is 0 Å². The van der Waals surface area contributed by atoms with Gasteiger partial charge in [-0.25, -0.2) is 0 Å². The number of hydrogen-bond donors (Lipinski definition) is 0. The zero-order valence-electron chi connectivity index (χ0n) is 15.8. The highest BCUT2D eigenvalue weighted by Crippen LogP contribution is 2.66. The molecule has 214 valence electrons. The van der Waals surface area contributed by atoms with E-state index in [-0.39, 0.29) is 0 Å². The van der Waals surface area contributed by atoms with Crippen molar-refractivity contribution in [2.45, 2.75) is 66.7 Å². The molecule has 0 saturated carbocycles. The zero-order valence-corrected chi connectivity index (χ0v) is 16.5. The number of ether oxygens (including phenoxy) is 2. The van der Waals surface area contributed by atoms with Gasteiger partial charge in [0.2, 0.25) is 0 Å². The van der Waals surface area contributed by atoms with Crippen molar-refractivity contribution in [3.63, 3.8) is 0 Å². The van der Waals surface area contributed by atoms with Gasteiger partial charge in [-0.1, -0.05) is 11.6 Å². The van der Waals surface area contributed by atoms with Crippen molar-refractivity contribution in [2.75, 3.05) is 0 Å². The van der Waals surface area contributed by atoms with Crippen molar-refractivity contribution < 1.29 is 97.3 Å². The number of hydrogen-bond acceptors (Lipinski definition) is 2. The molecule has 1 unspecified atom stereocenters. The summed E-state index contributed by atoms with van der Waals surface area (Å²) in [6.07, 6.45) is -38.1. The quantitative estimate of drug-likeness (QED) is 0.305. The normalized spacial score (nSPS) is 24.4. The lowest BCUT2D eigenvalue weighted by Crippen LogP contribution is -2.68. The number of rotatable bonds is 4. The minimum absolute atomic E-state index is 1.35. The molecule has 2 nitrogen and oxygen atoms in total. The predicted octanol–water partition coefficient (Wildman–Crippen LogP) is 7.73. The molecule has 0 aromatic carbocycles. The fourth-order valence-electron chi connectivity index (χ4n) is 2.35. The lowest BCUT2D eigenvalue weighted by atomic mass is 10.0. The van der Waals surface area contributed by atoms with Crippen LogP contribution in [0.2, 0.25) is 0 Å². The van der Waals surface area contributed by atoms with E-state index in [0.29, 0.717) is 0 Å². The second-order valence-electron chi connectivity index (χ2n) is 6.79. The van der Waals surface area contributed by atoms with Crippen molar-refractivity contribution in [1.82, 2.24) is 0 Å². The van der Waals surface area contributed by atoms with Crippen LogP contribution in [0.4, 0.5) is 87.8 Å². The Balaban J connectivity index is 4.09. The molecule has 0 saturated heterocycles. The molecule has 1 rings (SSSR count). The highest BCUT2D eigenvalue weighted by Gasteiger charge is 2.91. The van der Waals surface area contributed by atoms with Crippen molar-refractivity contribution in [1.29, 1.82) is 0 Å². The average molecular weight is 607 g/mol. The van der Waals surface area contributed by atoms with Gasteiger partial charge in [0.1, 0.15) is 5.03 Å². The van der Waals surface area contributed by atoms with Gasteiger partial charge >= 0.3 is 54.2 Å². The molecule has 23 heteroatoms. The van der Waals surface area contributed by atoms with E-state index < -0.39 is 77.5 Å². The monoisotopic (exact) mass is 606 g/mol. The molecule has 0 spiro atoms. The third-order valence-corrected chi connectivity index (χ3v) is 4.86. The molecule has 0 N–H and O–H groups in total. The Morgan fingerprint density at radius 1 is 0.583 bits per heavy atom. The van der Waals surface area contributed by atoms with E-state index in [2.05, 4.69) is 21.1 Å². The smallest absolute Gasteiger partial charge is 0.447 e. The maximum atomic E-state index is 14.7. The first-order valence-electron chi connectivity index (χ1n) is 7.79. The van der Waals surface area contributed by atoms with Crippen LogP contribution in [0.15, 0.2) is 10.8 Å². The van der Waals surface area contributed by atoms with Gasteiger partial charge in [-0.15, -0.1) is 0 Å². The summed E-state index contributed by atoms with van der Waals surface area (Å²) in [5.41, 5.74) is -14.2. The largest absolute Gasteiger partial charge is 0.458 e. The Morgan fingerprint density at radius 3 is 1.14 bits per heavy atom. The molecular weight excluding hydrogens is 604 g/mol. The Morgan fingerprint density at radius 2 is 0.889 bits per heavy atom. The molecule has 36 heavy (non-hydrogen) atoms. The topological polar surface area (TPSA) is 18.5 Å². The first kappa shape index (κ1) is 32.4. The van der Waals surface area contributed by atoms with Crippen LogP contribution in [0.3, 0.4) is 0 Å². The second kappa shape index (κ2) is 7.95. The van der Waals surface area contributed by atoms with E-state index in [9.17, 15) is 87.8 Å². The van der Waals surface area contributed by atoms with Crippen molar-refractivity contribution in [3.8, 4) is 0 Å². The van der Waals surface area contributed by atoms with E-state index in [0.717, 1.165) is 0 Å². The third-order valence-electron chi connectivity index (χ3n) is 4.44. The summed E-state index contributed by atoms with van der Waals surface area (Å²) in [7, 11) is 0. The Bertz CT molecular complexity index is 836. The molecular formula is C13H3ClF20O2. The Kier molecular flexibility index (Phi) is 7.16. The lowest BCUT2D eigenvalue weighted by molar-refractivity contribution is -0.455. The molecule has 1 aliphatic carbocycles. The van der Waals surface area contributed by atoms with Gasteiger partial charge in [0.25, 0.3) is 5.60 Å². The van der Waals surface area contributed by atoms with Crippen LogP contribution in [0.25, 0.3) is 0 Å². The maximum absolute atomic E-state index is 14.7. The first-order valence-corrected chi connectivity index (χ1v) is 8.16. The SMILES string of the molecule is CC(OC1(F)C(Cl)=C(OC(C(F)(F)F)(C(F)(F)F)C(F)(F)F)C(F)(F)C1(F)F)(C(F)(F)F)C(F)(F)F. The summed E-state index contributed by atoms with van der Waals surface area (Å²) in [5, 5.41) is -3.96. The Hall–Kier alpha value is -1.61. The van der Waals surface area contributed by atoms with Crippen LogP contribution in [0.5, 0.6) is 0 Å². The lowest BCUT2D eigenvalue weighted by Gasteiger charge is -2.40. The second-order valence-corrected chi connectivity index (χ2v) is 7.17. The summed E-state index contributed by atoms with van der Waals surface area (Å²) in [6.45, 7) is -1.35. The summed E-state index contributed by atoms with van der Waals surface area (Å²) >= 11 is 4.37. The van der Waals surface area contributed by atoms with Crippen LogP contribution in [0.1, 0.15) is 6.92 Å². The number of allylic oxidation sites excluding steroid dienone is 1. The molecule has 0 amide bonds. The molecule has 0 heterocycles. The first-order chi connectivity index (χ1) is 15.2. The highest BCUT2D eigenvalue weighted by atomic mass is 35.5. The summed E-state index contributed by atoms with van der Waals surface area (Å²) in [4.78, 5) is 0. The van der Waals surface area contributed by atoms with Crippen LogP contribution < -0.4 is 0 Å². The molecule has 0 fully saturated rings. The number of alkyl halides is 20. The van der Waals surface area contributed by atoms with E-state index >= 15 is 0 Å². The molecule has 0 bridgehead atoms. The van der Waals surface area contributed by atoms with Gasteiger partial charge in [0, 0.05) is 0 Å². The summed E-state index contributed by atoms with van der Waals surface area (Å²) in [5.74, 6) is -26.1. The van der Waals surface area contributed by atoms with Gasteiger partial charge in [0.15, 0.2) is 5.76 Å². The van der Waals surface area contributed by atoms with Crippen LogP contribution >= 0.6 is 11.6 Å². The van der Waals surface area contributed by atoms with Gasteiger partial charge in [-0.3, -0.25) is 0 Å². The van der Waals surface area contributed by atoms with Gasteiger partial charge < -0.3 is 9.47 Å². The standard InChI is InChI=1S/C13H3ClF20O2/c1-4(9(20,21)22,10(23,24)25)36-6(17)2(14)3(5(15,16)8(6,18)19)35-7(11(26,27)28,12(29,30)31)13(32,33)34/h1H3. The molecule has 0 aromatic heterocycles. The zero-order chi connectivity index (χ0) is 29.6. The molecule has 0 aromatic rings. The van der Waals surface area contributed by atoms with Crippen molar-refractivity contribution in [3.05, 3.63) is 10.8 Å². The third kappa shape index (κ3) is 4.08. The summed E-state index contributed by atoms with van der Waals surface area (Å²) < 4.78 is 268. The maximum Gasteiger partial charge on any atom is 0.447 e. The molecule has 0 radical (unpaired) electrons. The van der Waals surface area contributed by atoms with Gasteiger partial charge in [-0.2, -0.15) is 87.8 Å². The highest BCUT2D eigenvalue weighted by molar-refractivity contribution is 6.31. The van der Waals surface area contributed by atoms with E-state index in [1.54, 1.807) is 0 Å². The van der Waals surface area contributed by atoms with Crippen LogP contribution in [-0.4, -0.2) is 59.8 Å². The Labute approximate surface area is 187 Å². The fraction of sp³-hybridized carbons (Fsp3) is 0.846. The summed E-state index contributed by atoms with van der Waals surface area (Å²) in [6, 6.07) is 0. The predicted molar refractivity (Wildman–Crippen MR) is 70.2 cm³/mol. The minimum Gasteiger partial charge on any atom is -0.458 e. The fourth-order valence-corrected chi connectivity index (χ4v) is 2.67. The molecule has 1 atom stereocenters. The van der Waals surface area contributed by atoms with E-state index in [4.69, 9.17) is 0 Å². The molecule has 1 aliphatic rings. The minimum atomic E-state index is -7.96.